The number of unbranched alkanes of at least 4 members (excludes halogenated alkanes) is 1. The number of rotatable bonds is 8. The highest BCUT2D eigenvalue weighted by atomic mass is 16.2. The molecule has 2 fully saturated rings. The third kappa shape index (κ3) is 4.72. The van der Waals surface area contributed by atoms with Gasteiger partial charge in [0.05, 0.1) is 0 Å². The van der Waals surface area contributed by atoms with Gasteiger partial charge in [-0.2, -0.15) is 0 Å². The molecule has 1 saturated heterocycles. The molecule has 3 rings (SSSR count). The third-order valence-electron chi connectivity index (χ3n) is 6.14. The molecule has 1 aliphatic carbocycles. The minimum Gasteiger partial charge on any atom is -0.355 e. The number of carbonyl (C=O) groups is 3. The maximum atomic E-state index is 12.8. The lowest BCUT2D eigenvalue weighted by Crippen LogP contribution is -2.50. The quantitative estimate of drug-likeness (QED) is 0.533. The molecule has 1 saturated carbocycles. The van der Waals surface area contributed by atoms with E-state index in [0.29, 0.717) is 25.3 Å². The van der Waals surface area contributed by atoms with E-state index in [-0.39, 0.29) is 18.4 Å². The maximum absolute atomic E-state index is 12.8. The second-order valence-electron chi connectivity index (χ2n) is 8.05. The van der Waals surface area contributed by atoms with Gasteiger partial charge in [0.25, 0.3) is 5.91 Å². The van der Waals surface area contributed by atoms with Crippen LogP contribution in [0.15, 0.2) is 30.3 Å². The van der Waals surface area contributed by atoms with Crippen LogP contribution < -0.4 is 10.6 Å². The molecule has 2 N–H and O–H groups in total. The Balaban J connectivity index is 1.40. The molecule has 2 aliphatic rings. The Morgan fingerprint density at radius 2 is 1.89 bits per heavy atom. The first-order valence-electron chi connectivity index (χ1n) is 10.5. The second kappa shape index (κ2) is 9.22. The zero-order valence-corrected chi connectivity index (χ0v) is 16.7. The van der Waals surface area contributed by atoms with Gasteiger partial charge in [-0.1, -0.05) is 43.7 Å². The van der Waals surface area contributed by atoms with Crippen LogP contribution in [0, 0.1) is 5.92 Å². The van der Waals surface area contributed by atoms with Crippen molar-refractivity contribution in [1.82, 2.24) is 15.5 Å². The molecule has 0 aromatic heterocycles. The topological polar surface area (TPSA) is 78.5 Å². The van der Waals surface area contributed by atoms with E-state index in [4.69, 9.17) is 0 Å². The van der Waals surface area contributed by atoms with Crippen LogP contribution in [-0.4, -0.2) is 41.4 Å². The second-order valence-corrected chi connectivity index (χ2v) is 8.05. The highest BCUT2D eigenvalue weighted by molar-refractivity contribution is 6.09. The normalized spacial score (nSPS) is 24.5. The average molecular weight is 386 g/mol. The molecule has 6 nitrogen and oxygen atoms in total. The minimum absolute atomic E-state index is 0.192. The van der Waals surface area contributed by atoms with Gasteiger partial charge in [0.1, 0.15) is 12.1 Å². The van der Waals surface area contributed by atoms with Crippen molar-refractivity contribution >= 4 is 17.8 Å². The summed E-state index contributed by atoms with van der Waals surface area (Å²) in [5.41, 5.74) is 0.509. The lowest BCUT2D eigenvalue weighted by Gasteiger charge is -2.34. The molecular weight excluding hydrogens is 354 g/mol. The van der Waals surface area contributed by atoms with Crippen LogP contribution >= 0.6 is 0 Å². The molecule has 1 heterocycles. The first-order valence-corrected chi connectivity index (χ1v) is 10.5. The van der Waals surface area contributed by atoms with Crippen LogP contribution in [0.3, 0.4) is 0 Å². The number of hydrogen-bond donors (Lipinski definition) is 2. The molecule has 152 valence electrons. The molecule has 0 atom stereocenters. The Kier molecular flexibility index (Phi) is 6.70. The summed E-state index contributed by atoms with van der Waals surface area (Å²) in [5.74, 6) is 0.123. The van der Waals surface area contributed by atoms with E-state index in [0.717, 1.165) is 43.4 Å². The molecule has 1 spiro atoms. The fourth-order valence-electron chi connectivity index (χ4n) is 4.26. The van der Waals surface area contributed by atoms with Crippen molar-refractivity contribution in [3.63, 3.8) is 0 Å². The molecule has 28 heavy (non-hydrogen) atoms. The van der Waals surface area contributed by atoms with E-state index in [1.807, 2.05) is 18.2 Å². The largest absolute Gasteiger partial charge is 0.355 e. The highest BCUT2D eigenvalue weighted by Crippen LogP contribution is 2.37. The van der Waals surface area contributed by atoms with E-state index in [1.165, 1.54) is 5.56 Å². The number of carbonyl (C=O) groups excluding carboxylic acids is 3. The number of aryl methyl sites for hydroxylation is 1. The van der Waals surface area contributed by atoms with Crippen LogP contribution in [-0.2, 0) is 16.0 Å². The van der Waals surface area contributed by atoms with E-state index >= 15 is 0 Å². The van der Waals surface area contributed by atoms with Gasteiger partial charge >= 0.3 is 6.03 Å². The number of imide groups is 1. The molecule has 0 radical (unpaired) electrons. The molecular formula is C22H31N3O3. The van der Waals surface area contributed by atoms with Crippen molar-refractivity contribution in [3.8, 4) is 0 Å². The first-order chi connectivity index (χ1) is 13.5. The number of urea groups is 1. The fourth-order valence-corrected chi connectivity index (χ4v) is 4.26. The zero-order chi connectivity index (χ0) is 20.0. The van der Waals surface area contributed by atoms with E-state index < -0.39 is 11.6 Å². The minimum atomic E-state index is -0.779. The standard InChI is InChI=1S/C22H31N3O3/c1-2-17-11-13-22(14-12-17)20(27)25(21(28)24-22)16-19(26)23-15-7-6-10-18-8-4-3-5-9-18/h3-5,8-9,17H,2,6-7,10-16H2,1H3,(H,23,26)(H,24,28). The number of hydrogen-bond acceptors (Lipinski definition) is 3. The summed E-state index contributed by atoms with van der Waals surface area (Å²) >= 11 is 0. The Labute approximate surface area is 167 Å². The van der Waals surface area contributed by atoms with Crippen molar-refractivity contribution < 1.29 is 14.4 Å². The van der Waals surface area contributed by atoms with E-state index in [2.05, 4.69) is 29.7 Å². The first kappa shape index (κ1) is 20.4. The number of amides is 4. The predicted octanol–water partition coefficient (Wildman–Crippen LogP) is 3.02. The van der Waals surface area contributed by atoms with Crippen molar-refractivity contribution in [2.75, 3.05) is 13.1 Å². The Bertz CT molecular complexity index is 696. The van der Waals surface area contributed by atoms with Crippen molar-refractivity contribution in [2.45, 2.75) is 63.8 Å². The van der Waals surface area contributed by atoms with Gasteiger partial charge in [0.2, 0.25) is 5.91 Å². The molecule has 6 heteroatoms. The van der Waals surface area contributed by atoms with Crippen LogP contribution in [0.5, 0.6) is 0 Å². The van der Waals surface area contributed by atoms with Crippen LogP contribution in [0.25, 0.3) is 0 Å². The lowest BCUT2D eigenvalue weighted by atomic mass is 9.75. The summed E-state index contributed by atoms with van der Waals surface area (Å²) in [6.07, 6.45) is 7.17. The monoisotopic (exact) mass is 385 g/mol. The van der Waals surface area contributed by atoms with Gasteiger partial charge in [-0.05, 0) is 56.4 Å². The molecule has 1 aromatic carbocycles. The smallest absolute Gasteiger partial charge is 0.325 e. The van der Waals surface area contributed by atoms with Gasteiger partial charge in [-0.25, -0.2) is 4.79 Å². The lowest BCUT2D eigenvalue weighted by molar-refractivity contribution is -0.136. The van der Waals surface area contributed by atoms with Gasteiger partial charge < -0.3 is 10.6 Å². The summed E-state index contributed by atoms with van der Waals surface area (Å²) < 4.78 is 0. The van der Waals surface area contributed by atoms with E-state index in [9.17, 15) is 14.4 Å². The third-order valence-corrected chi connectivity index (χ3v) is 6.14. The van der Waals surface area contributed by atoms with Crippen molar-refractivity contribution in [1.29, 1.82) is 0 Å². The van der Waals surface area contributed by atoms with Crippen molar-refractivity contribution in [2.24, 2.45) is 5.92 Å². The summed E-state index contributed by atoms with van der Waals surface area (Å²) in [5, 5.41) is 5.70. The fraction of sp³-hybridized carbons (Fsp3) is 0.591. The molecule has 1 aliphatic heterocycles. The van der Waals surface area contributed by atoms with Crippen LogP contribution in [0.4, 0.5) is 4.79 Å². The summed E-state index contributed by atoms with van der Waals surface area (Å²) in [6.45, 7) is 2.52. The molecule has 0 bridgehead atoms. The molecule has 0 unspecified atom stereocenters. The average Bonchev–Trinajstić information content (AvgIpc) is 2.93. The Morgan fingerprint density at radius 3 is 2.57 bits per heavy atom. The number of benzene rings is 1. The van der Waals surface area contributed by atoms with Gasteiger partial charge in [-0.15, -0.1) is 0 Å². The SMILES string of the molecule is CCC1CCC2(CC1)NC(=O)N(CC(=O)NCCCCc1ccccc1)C2=O. The van der Waals surface area contributed by atoms with Gasteiger partial charge in [0, 0.05) is 6.54 Å². The summed E-state index contributed by atoms with van der Waals surface area (Å²) in [7, 11) is 0. The molecule has 1 aromatic rings. The highest BCUT2D eigenvalue weighted by Gasteiger charge is 2.52. The Hall–Kier alpha value is -2.37. The number of nitrogens with one attached hydrogen (secondary N) is 2. The van der Waals surface area contributed by atoms with Gasteiger partial charge in [0.15, 0.2) is 0 Å². The van der Waals surface area contributed by atoms with E-state index in [1.54, 1.807) is 0 Å². The summed E-state index contributed by atoms with van der Waals surface area (Å²) in [6, 6.07) is 9.81. The Morgan fingerprint density at radius 1 is 1.18 bits per heavy atom. The van der Waals surface area contributed by atoms with Crippen LogP contribution in [0.2, 0.25) is 0 Å². The zero-order valence-electron chi connectivity index (χ0n) is 16.7. The molecule has 4 amide bonds. The van der Waals surface area contributed by atoms with Crippen molar-refractivity contribution in [3.05, 3.63) is 35.9 Å². The van der Waals surface area contributed by atoms with Gasteiger partial charge in [-0.3, -0.25) is 14.5 Å². The van der Waals surface area contributed by atoms with Crippen LogP contribution in [0.1, 0.15) is 57.4 Å². The predicted molar refractivity (Wildman–Crippen MR) is 108 cm³/mol. The maximum Gasteiger partial charge on any atom is 0.325 e. The summed E-state index contributed by atoms with van der Waals surface area (Å²) in [4.78, 5) is 38.4. The number of nitrogens with zero attached hydrogens (tertiary/aromatic N) is 1.